The predicted octanol–water partition coefficient (Wildman–Crippen LogP) is 2.78. The number of hydrogen-bond donors (Lipinski definition) is 2. The van der Waals surface area contributed by atoms with Gasteiger partial charge in [-0.1, -0.05) is 42.5 Å². The van der Waals surface area contributed by atoms with Gasteiger partial charge in [-0.05, 0) is 36.6 Å². The molecule has 0 fully saturated rings. The van der Waals surface area contributed by atoms with Gasteiger partial charge in [0.05, 0.1) is 30.5 Å². The fourth-order valence-corrected chi connectivity index (χ4v) is 3.69. The zero-order valence-corrected chi connectivity index (χ0v) is 15.8. The Morgan fingerprint density at radius 3 is 2.54 bits per heavy atom. The van der Waals surface area contributed by atoms with Gasteiger partial charge in [-0.25, -0.2) is 4.79 Å². The molecule has 0 aromatic heterocycles. The van der Waals surface area contributed by atoms with Crippen molar-refractivity contribution in [2.45, 2.75) is 19.4 Å². The van der Waals surface area contributed by atoms with Gasteiger partial charge in [-0.15, -0.1) is 0 Å². The van der Waals surface area contributed by atoms with E-state index in [0.717, 1.165) is 17.7 Å². The van der Waals surface area contributed by atoms with Gasteiger partial charge in [0.25, 0.3) is 5.91 Å². The van der Waals surface area contributed by atoms with Crippen molar-refractivity contribution in [2.24, 2.45) is 0 Å². The molecule has 0 aliphatic carbocycles. The number of nitrogens with zero attached hydrogens (tertiary/aromatic N) is 1. The average Bonchev–Trinajstić information content (AvgIpc) is 3.03. The summed E-state index contributed by atoms with van der Waals surface area (Å²) < 4.78 is 5.48. The average molecular weight is 377 g/mol. The van der Waals surface area contributed by atoms with E-state index in [1.807, 2.05) is 49.4 Å². The first-order valence-corrected chi connectivity index (χ1v) is 9.52. The number of ether oxygens (including phenoxy) is 1. The maximum absolute atomic E-state index is 13.1. The van der Waals surface area contributed by atoms with Crippen LogP contribution in [0.5, 0.6) is 5.75 Å². The maximum Gasteiger partial charge on any atom is 0.319 e. The minimum Gasteiger partial charge on any atom is -0.494 e. The summed E-state index contributed by atoms with van der Waals surface area (Å²) in [6.07, 6.45) is 0.780. The van der Waals surface area contributed by atoms with Crippen molar-refractivity contribution in [1.82, 2.24) is 15.5 Å². The Labute approximate surface area is 164 Å². The summed E-state index contributed by atoms with van der Waals surface area (Å²) in [5, 5.41) is 5.69. The van der Waals surface area contributed by atoms with E-state index in [1.54, 1.807) is 4.90 Å². The van der Waals surface area contributed by atoms with Crippen molar-refractivity contribution in [1.29, 1.82) is 0 Å². The molecule has 28 heavy (non-hydrogen) atoms. The highest BCUT2D eigenvalue weighted by Crippen LogP contribution is 2.33. The van der Waals surface area contributed by atoms with Gasteiger partial charge in [0.1, 0.15) is 5.75 Å². The van der Waals surface area contributed by atoms with Crippen molar-refractivity contribution < 1.29 is 14.3 Å². The molecule has 0 unspecified atom stereocenters. The number of rotatable bonds is 6. The second kappa shape index (κ2) is 7.76. The third-order valence-corrected chi connectivity index (χ3v) is 5.06. The highest BCUT2D eigenvalue weighted by atomic mass is 16.5. The van der Waals surface area contributed by atoms with Crippen molar-refractivity contribution in [2.75, 3.05) is 19.7 Å². The molecule has 4 rings (SSSR count). The molecule has 6 heteroatoms. The Balaban J connectivity index is 1.52. The number of benzene rings is 2. The molecule has 2 aliphatic heterocycles. The van der Waals surface area contributed by atoms with Gasteiger partial charge in [0.15, 0.2) is 0 Å². The fraction of sp³-hybridized carbons (Fsp3) is 0.273. The lowest BCUT2D eigenvalue weighted by molar-refractivity contribution is -0.125. The second-order valence-corrected chi connectivity index (χ2v) is 6.89. The Morgan fingerprint density at radius 1 is 1.07 bits per heavy atom. The molecule has 0 saturated heterocycles. The van der Waals surface area contributed by atoms with Gasteiger partial charge >= 0.3 is 6.03 Å². The van der Waals surface area contributed by atoms with E-state index in [2.05, 4.69) is 22.8 Å². The van der Waals surface area contributed by atoms with Crippen LogP contribution in [0.4, 0.5) is 4.79 Å². The molecule has 2 heterocycles. The summed E-state index contributed by atoms with van der Waals surface area (Å²) in [4.78, 5) is 27.0. The molecular weight excluding hydrogens is 354 g/mol. The monoisotopic (exact) mass is 377 g/mol. The summed E-state index contributed by atoms with van der Waals surface area (Å²) in [6.45, 7) is 3.57. The predicted molar refractivity (Wildman–Crippen MR) is 106 cm³/mol. The number of hydrogen-bond acceptors (Lipinski definition) is 3. The van der Waals surface area contributed by atoms with E-state index in [0.29, 0.717) is 31.0 Å². The minimum absolute atomic E-state index is 0.0303. The highest BCUT2D eigenvalue weighted by molar-refractivity contribution is 6.01. The zero-order valence-electron chi connectivity index (χ0n) is 15.8. The van der Waals surface area contributed by atoms with Gasteiger partial charge in [0, 0.05) is 6.54 Å². The molecule has 2 aliphatic rings. The van der Waals surface area contributed by atoms with Crippen molar-refractivity contribution in [3.8, 4) is 5.75 Å². The van der Waals surface area contributed by atoms with Gasteiger partial charge < -0.3 is 20.3 Å². The zero-order chi connectivity index (χ0) is 19.5. The first kappa shape index (κ1) is 18.1. The van der Waals surface area contributed by atoms with Crippen LogP contribution in [0.15, 0.2) is 65.9 Å². The number of carbonyl (C=O) groups is 2. The molecule has 0 radical (unpaired) electrons. The standard InChI is InChI=1S/C22H23N3O3/c1-2-28-17-10-8-16(9-11-17)20-19-18(23-22(27)24-20)14-25(21(19)26)13-12-15-6-4-3-5-7-15/h3-11,20H,2,12-14H2,1H3,(H2,23,24,27)/t20-/m1/s1. The summed E-state index contributed by atoms with van der Waals surface area (Å²) in [6, 6.07) is 16.9. The number of urea groups is 1. The smallest absolute Gasteiger partial charge is 0.319 e. The summed E-state index contributed by atoms with van der Waals surface area (Å²) in [5.41, 5.74) is 3.37. The molecule has 2 aromatic rings. The molecule has 6 nitrogen and oxygen atoms in total. The second-order valence-electron chi connectivity index (χ2n) is 6.89. The van der Waals surface area contributed by atoms with Crippen LogP contribution in [0.3, 0.4) is 0 Å². The minimum atomic E-state index is -0.450. The molecular formula is C22H23N3O3. The fourth-order valence-electron chi connectivity index (χ4n) is 3.69. The third kappa shape index (κ3) is 3.58. The van der Waals surface area contributed by atoms with Crippen LogP contribution in [-0.4, -0.2) is 36.5 Å². The maximum atomic E-state index is 13.1. The number of amides is 3. The summed E-state index contributed by atoms with van der Waals surface area (Å²) >= 11 is 0. The lowest BCUT2D eigenvalue weighted by Gasteiger charge is -2.25. The third-order valence-electron chi connectivity index (χ3n) is 5.06. The van der Waals surface area contributed by atoms with Crippen LogP contribution >= 0.6 is 0 Å². The van der Waals surface area contributed by atoms with Crippen LogP contribution in [-0.2, 0) is 11.2 Å². The van der Waals surface area contributed by atoms with Gasteiger partial charge in [-0.2, -0.15) is 0 Å². The summed E-state index contributed by atoms with van der Waals surface area (Å²) in [7, 11) is 0. The molecule has 3 amide bonds. The first-order chi connectivity index (χ1) is 13.7. The van der Waals surface area contributed by atoms with Crippen LogP contribution in [0.1, 0.15) is 24.1 Å². The van der Waals surface area contributed by atoms with E-state index < -0.39 is 6.04 Å². The normalized spacial score (nSPS) is 18.6. The van der Waals surface area contributed by atoms with E-state index >= 15 is 0 Å². The SMILES string of the molecule is CCOc1ccc([C@H]2NC(=O)NC3=C2C(=O)N(CCc2ccccc2)C3)cc1. The largest absolute Gasteiger partial charge is 0.494 e. The van der Waals surface area contributed by atoms with Crippen molar-refractivity contribution in [3.63, 3.8) is 0 Å². The first-order valence-electron chi connectivity index (χ1n) is 9.52. The Bertz CT molecular complexity index is 906. The highest BCUT2D eigenvalue weighted by Gasteiger charge is 2.40. The van der Waals surface area contributed by atoms with Crippen LogP contribution in [0, 0.1) is 0 Å². The summed E-state index contributed by atoms with van der Waals surface area (Å²) in [5.74, 6) is 0.736. The van der Waals surface area contributed by atoms with Crippen molar-refractivity contribution in [3.05, 3.63) is 77.0 Å². The Hall–Kier alpha value is -3.28. The Morgan fingerprint density at radius 2 is 1.82 bits per heavy atom. The quantitative estimate of drug-likeness (QED) is 0.813. The van der Waals surface area contributed by atoms with Crippen molar-refractivity contribution >= 4 is 11.9 Å². The van der Waals surface area contributed by atoms with E-state index in [1.165, 1.54) is 5.56 Å². The van der Waals surface area contributed by atoms with Gasteiger partial charge in [-0.3, -0.25) is 4.79 Å². The van der Waals surface area contributed by atoms with Crippen LogP contribution < -0.4 is 15.4 Å². The van der Waals surface area contributed by atoms with E-state index in [-0.39, 0.29) is 11.9 Å². The molecule has 0 saturated carbocycles. The Kier molecular flexibility index (Phi) is 5.02. The molecule has 2 N–H and O–H groups in total. The molecule has 2 aromatic carbocycles. The topological polar surface area (TPSA) is 70.7 Å². The molecule has 0 bridgehead atoms. The van der Waals surface area contributed by atoms with Crippen LogP contribution in [0.25, 0.3) is 0 Å². The molecule has 1 atom stereocenters. The van der Waals surface area contributed by atoms with Gasteiger partial charge in [0.2, 0.25) is 0 Å². The lowest BCUT2D eigenvalue weighted by Crippen LogP contribution is -2.44. The molecule has 0 spiro atoms. The van der Waals surface area contributed by atoms with E-state index in [4.69, 9.17) is 4.74 Å². The number of nitrogens with one attached hydrogen (secondary N) is 2. The lowest BCUT2D eigenvalue weighted by atomic mass is 9.96. The van der Waals surface area contributed by atoms with E-state index in [9.17, 15) is 9.59 Å². The molecule has 144 valence electrons. The van der Waals surface area contributed by atoms with Crippen LogP contribution in [0.2, 0.25) is 0 Å². The number of carbonyl (C=O) groups excluding carboxylic acids is 2.